The zero-order valence-corrected chi connectivity index (χ0v) is 18.3. The van der Waals surface area contributed by atoms with E-state index in [1.807, 2.05) is 6.07 Å². The first-order valence-electron chi connectivity index (χ1n) is 10.1. The number of nitriles is 1. The van der Waals surface area contributed by atoms with Gasteiger partial charge >= 0.3 is 6.18 Å². The number of amides is 2. The Balaban J connectivity index is 1.74. The standard InChI is InChI=1S/C22H14F4N8O2/c1-10-18(19(22(24,25)26)33-34(10)9-16-29-7-11(6-27)8-30-16)32-21(36)15-5-12(20(28)35)17-13(23)3-2-4-14(17)31-15/h2-5,7-8H,9H2,1H3,(H2,28,35)(H,32,36). The third-order valence-corrected chi connectivity index (χ3v) is 5.12. The highest BCUT2D eigenvalue weighted by molar-refractivity contribution is 6.10. The van der Waals surface area contributed by atoms with Gasteiger partial charge in [-0.25, -0.2) is 19.3 Å². The topological polar surface area (TPSA) is 152 Å². The zero-order chi connectivity index (χ0) is 26.2. The van der Waals surface area contributed by atoms with E-state index in [0.29, 0.717) is 0 Å². The number of carbonyl (C=O) groups excluding carboxylic acids is 2. The van der Waals surface area contributed by atoms with E-state index in [1.54, 1.807) is 0 Å². The number of hydrogen-bond acceptors (Lipinski definition) is 7. The van der Waals surface area contributed by atoms with Crippen LogP contribution in [0.4, 0.5) is 23.2 Å². The van der Waals surface area contributed by atoms with E-state index in [-0.39, 0.29) is 40.1 Å². The lowest BCUT2D eigenvalue weighted by Crippen LogP contribution is -2.20. The largest absolute Gasteiger partial charge is 0.437 e. The van der Waals surface area contributed by atoms with E-state index in [9.17, 15) is 27.2 Å². The molecule has 0 aliphatic rings. The van der Waals surface area contributed by atoms with Crippen LogP contribution in [0.3, 0.4) is 0 Å². The number of primary amides is 1. The molecule has 3 heterocycles. The zero-order valence-electron chi connectivity index (χ0n) is 18.3. The van der Waals surface area contributed by atoms with E-state index < -0.39 is 40.9 Å². The Morgan fingerprint density at radius 1 is 1.22 bits per heavy atom. The summed E-state index contributed by atoms with van der Waals surface area (Å²) in [7, 11) is 0. The summed E-state index contributed by atoms with van der Waals surface area (Å²) in [5, 5.41) is 14.3. The lowest BCUT2D eigenvalue weighted by Gasteiger charge is -2.11. The molecule has 0 saturated heterocycles. The number of hydrogen-bond donors (Lipinski definition) is 2. The van der Waals surface area contributed by atoms with Crippen molar-refractivity contribution in [1.29, 1.82) is 5.26 Å². The van der Waals surface area contributed by atoms with Crippen LogP contribution in [0.5, 0.6) is 0 Å². The number of alkyl halides is 3. The molecule has 14 heteroatoms. The first kappa shape index (κ1) is 24.2. The number of nitrogens with two attached hydrogens (primary N) is 1. The van der Waals surface area contributed by atoms with Crippen molar-refractivity contribution in [3.63, 3.8) is 0 Å². The fourth-order valence-corrected chi connectivity index (χ4v) is 3.41. The minimum absolute atomic E-state index is 0.0782. The summed E-state index contributed by atoms with van der Waals surface area (Å²) >= 11 is 0. The van der Waals surface area contributed by atoms with E-state index >= 15 is 0 Å². The fraction of sp³-hybridized carbons (Fsp3) is 0.136. The van der Waals surface area contributed by atoms with E-state index in [2.05, 4.69) is 25.4 Å². The molecular weight excluding hydrogens is 484 g/mol. The van der Waals surface area contributed by atoms with Gasteiger partial charge in [-0.15, -0.1) is 0 Å². The molecule has 0 atom stereocenters. The smallest absolute Gasteiger partial charge is 0.366 e. The third-order valence-electron chi connectivity index (χ3n) is 5.12. The molecule has 3 N–H and O–H groups in total. The van der Waals surface area contributed by atoms with Gasteiger partial charge in [0.05, 0.1) is 28.0 Å². The van der Waals surface area contributed by atoms with Crippen molar-refractivity contribution in [3.8, 4) is 6.07 Å². The third kappa shape index (κ3) is 4.53. The predicted octanol–water partition coefficient (Wildman–Crippen LogP) is 2.96. The first-order chi connectivity index (χ1) is 17.0. The molecule has 10 nitrogen and oxygen atoms in total. The van der Waals surface area contributed by atoms with Crippen molar-refractivity contribution < 1.29 is 27.2 Å². The predicted molar refractivity (Wildman–Crippen MR) is 116 cm³/mol. The summed E-state index contributed by atoms with van der Waals surface area (Å²) < 4.78 is 56.4. The molecule has 0 radical (unpaired) electrons. The Morgan fingerprint density at radius 3 is 2.53 bits per heavy atom. The Kier molecular flexibility index (Phi) is 6.07. The van der Waals surface area contributed by atoms with Gasteiger partial charge in [-0.1, -0.05) is 6.07 Å². The second-order valence-corrected chi connectivity index (χ2v) is 7.47. The Hall–Kier alpha value is -4.93. The van der Waals surface area contributed by atoms with Crippen LogP contribution in [-0.4, -0.2) is 36.5 Å². The molecular formula is C22H14F4N8O2. The van der Waals surface area contributed by atoms with Crippen LogP contribution in [0.25, 0.3) is 10.9 Å². The molecule has 0 bridgehead atoms. The molecule has 0 spiro atoms. The number of carbonyl (C=O) groups is 2. The average molecular weight is 498 g/mol. The van der Waals surface area contributed by atoms with Gasteiger partial charge in [-0.3, -0.25) is 14.3 Å². The van der Waals surface area contributed by atoms with Crippen LogP contribution in [0.2, 0.25) is 0 Å². The number of benzene rings is 1. The maximum absolute atomic E-state index is 14.2. The minimum atomic E-state index is -4.94. The summed E-state index contributed by atoms with van der Waals surface area (Å²) in [6.07, 6.45) is -2.53. The molecule has 36 heavy (non-hydrogen) atoms. The molecule has 0 aliphatic heterocycles. The quantitative estimate of drug-likeness (QED) is 0.401. The summed E-state index contributed by atoms with van der Waals surface area (Å²) in [6.45, 7) is 1.01. The molecule has 1 aromatic carbocycles. The Bertz CT molecular complexity index is 1560. The van der Waals surface area contributed by atoms with Gasteiger partial charge in [0.1, 0.15) is 29.9 Å². The van der Waals surface area contributed by atoms with Crippen molar-refractivity contribution >= 4 is 28.4 Å². The molecule has 0 fully saturated rings. The van der Waals surface area contributed by atoms with Crippen LogP contribution >= 0.6 is 0 Å². The van der Waals surface area contributed by atoms with Gasteiger partial charge in [-0.2, -0.15) is 23.5 Å². The average Bonchev–Trinajstić information content (AvgIpc) is 3.14. The first-order valence-corrected chi connectivity index (χ1v) is 10.1. The molecule has 4 aromatic rings. The summed E-state index contributed by atoms with van der Waals surface area (Å²) in [4.78, 5) is 36.6. The number of nitrogens with zero attached hydrogens (tertiary/aromatic N) is 6. The van der Waals surface area contributed by atoms with Crippen LogP contribution < -0.4 is 11.1 Å². The van der Waals surface area contributed by atoms with Crippen LogP contribution in [0, 0.1) is 24.1 Å². The van der Waals surface area contributed by atoms with Crippen LogP contribution in [-0.2, 0) is 12.7 Å². The molecule has 182 valence electrons. The van der Waals surface area contributed by atoms with Gasteiger partial charge in [0.2, 0.25) is 5.91 Å². The van der Waals surface area contributed by atoms with Crippen molar-refractivity contribution in [2.24, 2.45) is 5.73 Å². The van der Waals surface area contributed by atoms with Crippen molar-refractivity contribution in [1.82, 2.24) is 24.7 Å². The van der Waals surface area contributed by atoms with Crippen molar-refractivity contribution in [2.45, 2.75) is 19.6 Å². The van der Waals surface area contributed by atoms with E-state index in [1.165, 1.54) is 31.5 Å². The molecule has 0 aliphatic carbocycles. The van der Waals surface area contributed by atoms with Gasteiger partial charge < -0.3 is 11.1 Å². The Labute approximate surface area is 199 Å². The number of aromatic nitrogens is 5. The van der Waals surface area contributed by atoms with Crippen LogP contribution in [0.1, 0.15) is 43.6 Å². The van der Waals surface area contributed by atoms with Crippen molar-refractivity contribution in [3.05, 3.63) is 76.5 Å². The molecule has 3 aromatic heterocycles. The number of pyridine rings is 1. The van der Waals surface area contributed by atoms with Gasteiger partial charge in [0.25, 0.3) is 5.91 Å². The lowest BCUT2D eigenvalue weighted by molar-refractivity contribution is -0.140. The normalized spacial score (nSPS) is 11.3. The number of halogens is 4. The number of anilines is 1. The van der Waals surface area contributed by atoms with Gasteiger partial charge in [0, 0.05) is 17.8 Å². The Morgan fingerprint density at radius 2 is 1.92 bits per heavy atom. The molecule has 0 unspecified atom stereocenters. The lowest BCUT2D eigenvalue weighted by atomic mass is 10.1. The number of rotatable bonds is 5. The summed E-state index contributed by atoms with van der Waals surface area (Å²) in [6, 6.07) is 6.41. The molecule has 0 saturated carbocycles. The number of fused-ring (bicyclic) bond motifs is 1. The highest BCUT2D eigenvalue weighted by Gasteiger charge is 2.39. The van der Waals surface area contributed by atoms with Gasteiger partial charge in [0.15, 0.2) is 5.69 Å². The highest BCUT2D eigenvalue weighted by Crippen LogP contribution is 2.36. The number of nitrogens with one attached hydrogen (secondary N) is 1. The van der Waals surface area contributed by atoms with E-state index in [4.69, 9.17) is 11.0 Å². The summed E-state index contributed by atoms with van der Waals surface area (Å²) in [5.41, 5.74) is 2.46. The second-order valence-electron chi connectivity index (χ2n) is 7.47. The maximum Gasteiger partial charge on any atom is 0.437 e. The van der Waals surface area contributed by atoms with E-state index in [0.717, 1.165) is 16.8 Å². The summed E-state index contributed by atoms with van der Waals surface area (Å²) in [5.74, 6) is -2.88. The molecule has 4 rings (SSSR count). The monoisotopic (exact) mass is 498 g/mol. The SMILES string of the molecule is Cc1c(NC(=O)c2cc(C(N)=O)c3c(F)cccc3n2)c(C(F)(F)F)nn1Cc1ncc(C#N)cn1. The maximum atomic E-state index is 14.2. The minimum Gasteiger partial charge on any atom is -0.366 e. The van der Waals surface area contributed by atoms with Crippen LogP contribution in [0.15, 0.2) is 36.7 Å². The fourth-order valence-electron chi connectivity index (χ4n) is 3.41. The molecule has 2 amide bonds. The highest BCUT2D eigenvalue weighted by atomic mass is 19.4. The van der Waals surface area contributed by atoms with Gasteiger partial charge in [-0.05, 0) is 25.1 Å². The second kappa shape index (κ2) is 9.02. The van der Waals surface area contributed by atoms with Crippen molar-refractivity contribution in [2.75, 3.05) is 5.32 Å².